The maximum absolute atomic E-state index is 2.83. The molecule has 8 rings (SSSR count). The minimum atomic E-state index is -1.61. The average Bonchev–Trinajstić information content (AvgIpc) is 3.27. The predicted octanol–water partition coefficient (Wildman–Crippen LogP) is 7.39. The van der Waals surface area contributed by atoms with Gasteiger partial charge in [-0.2, -0.15) is 0 Å². The molecule has 0 atom stereocenters. The zero-order valence-electron chi connectivity index (χ0n) is 31.5. The van der Waals surface area contributed by atoms with Crippen molar-refractivity contribution in [1.82, 2.24) is 0 Å². The Hall–Kier alpha value is -1.22. The molecule has 58 heavy (non-hydrogen) atoms. The predicted molar refractivity (Wildman–Crippen MR) is 267 cm³/mol. The molecule has 8 aromatic rings. The first-order chi connectivity index (χ1) is 27.6. The first-order valence-corrected chi connectivity index (χ1v) is 32.7. The molecule has 0 fully saturated rings. The Balaban J connectivity index is 0.000000214. The van der Waals surface area contributed by atoms with Gasteiger partial charge in [-0.3, -0.25) is 0 Å². The van der Waals surface area contributed by atoms with E-state index in [9.17, 15) is 0 Å². The van der Waals surface area contributed by atoms with Crippen LogP contribution in [0.2, 0.25) is 4.00 Å². The Kier molecular flexibility index (Phi) is 20.6. The van der Waals surface area contributed by atoms with Gasteiger partial charge in [0.2, 0.25) is 0 Å². The summed E-state index contributed by atoms with van der Waals surface area (Å²) in [4.78, 5) is 0. The van der Waals surface area contributed by atoms with E-state index in [0.717, 1.165) is 0 Å². The molecule has 0 saturated heterocycles. The summed E-state index contributed by atoms with van der Waals surface area (Å²) in [6.45, 7) is 0. The van der Waals surface area contributed by atoms with Crippen LogP contribution in [-0.2, 0) is 40.8 Å². The van der Waals surface area contributed by atoms with Gasteiger partial charge in [-0.1, -0.05) is 0 Å². The third-order valence-corrected chi connectivity index (χ3v) is 47.7. The van der Waals surface area contributed by atoms with Crippen molar-refractivity contribution in [2.24, 2.45) is 0 Å². The van der Waals surface area contributed by atoms with Gasteiger partial charge in [0.25, 0.3) is 0 Å². The standard InChI is InChI=1S/C25H20As2I2.C25H22As2.2Pd/c28-25(29,26(21-13-5-1-6-14-21)22-15-7-2-8-16-22)27(23-17-9-3-10-18-23)24-19-11-4-12-20-24;1-5-13-22(14-6-1)26(23-15-7-2-8-16-23)21-27(24-17-9-3-10-18-24)25-19-11-4-12-20-25;;/h1-20H;1-20H,21H2;;. The summed E-state index contributed by atoms with van der Waals surface area (Å²) in [6.07, 6.45) is 0. The monoisotopic (exact) mass is 1410 g/mol. The molecule has 0 unspecified atom stereocenters. The van der Waals surface area contributed by atoms with Gasteiger partial charge in [0.05, 0.1) is 0 Å². The van der Waals surface area contributed by atoms with Gasteiger partial charge in [0.1, 0.15) is 0 Å². The Morgan fingerprint density at radius 3 is 0.586 bits per heavy atom. The zero-order chi connectivity index (χ0) is 38.4. The number of hydrogen-bond acceptors (Lipinski definition) is 0. The molecule has 0 aromatic heterocycles. The number of benzene rings is 8. The normalized spacial score (nSPS) is 11.0. The Labute approximate surface area is 419 Å². The van der Waals surface area contributed by atoms with E-state index in [0.29, 0.717) is 0 Å². The third-order valence-electron chi connectivity index (χ3n) is 9.15. The van der Waals surface area contributed by atoms with Crippen molar-refractivity contribution >= 4 is 139 Å². The zero-order valence-corrected chi connectivity index (χ0v) is 46.4. The molecule has 0 aliphatic carbocycles. The molecule has 0 saturated carbocycles. The fourth-order valence-corrected chi connectivity index (χ4v) is 51.4. The van der Waals surface area contributed by atoms with E-state index < -0.39 is 58.6 Å². The molecule has 0 bridgehead atoms. The fraction of sp³-hybridized carbons (Fsp3) is 0.0400. The van der Waals surface area contributed by atoms with Crippen molar-refractivity contribution in [2.45, 2.75) is 3.00 Å². The number of halogens is 2. The van der Waals surface area contributed by atoms with Crippen LogP contribution in [0, 0.1) is 0 Å². The molecule has 8 aromatic carbocycles. The van der Waals surface area contributed by atoms with Crippen molar-refractivity contribution in [3.05, 3.63) is 243 Å². The van der Waals surface area contributed by atoms with Crippen molar-refractivity contribution < 1.29 is 40.8 Å². The summed E-state index contributed by atoms with van der Waals surface area (Å²) in [7, 11) is 0. The molecule has 0 heterocycles. The van der Waals surface area contributed by atoms with Gasteiger partial charge in [0, 0.05) is 40.8 Å². The molecule has 296 valence electrons. The summed E-state index contributed by atoms with van der Waals surface area (Å²) in [5.74, 6) is 0. The maximum atomic E-state index is 2.83. The van der Waals surface area contributed by atoms with Crippen LogP contribution in [0.3, 0.4) is 0 Å². The van der Waals surface area contributed by atoms with E-state index in [1.165, 1.54) is 21.4 Å². The second-order valence-corrected chi connectivity index (χ2v) is 48.8. The van der Waals surface area contributed by atoms with E-state index in [2.05, 4.69) is 288 Å². The summed E-state index contributed by atoms with van der Waals surface area (Å²) in [6, 6.07) is 89.8. The van der Waals surface area contributed by atoms with Gasteiger partial charge >= 0.3 is 384 Å². The van der Waals surface area contributed by atoms with Crippen LogP contribution < -0.4 is 34.8 Å². The number of rotatable bonds is 12. The van der Waals surface area contributed by atoms with Crippen LogP contribution in [0.1, 0.15) is 0 Å². The van der Waals surface area contributed by atoms with E-state index >= 15 is 0 Å². The molecule has 0 nitrogen and oxygen atoms in total. The average molecular weight is 1410 g/mol. The SMILES string of the molecule is IC(I)([As](c1ccccc1)c1ccccc1)[As](c1ccccc1)c1ccccc1.[Pd].[Pd].c1ccc([As](C[As](c2ccccc2)c2ccccc2)c2ccccc2)cc1. The van der Waals surface area contributed by atoms with Crippen molar-refractivity contribution in [2.75, 3.05) is 0 Å². The van der Waals surface area contributed by atoms with Gasteiger partial charge in [-0.25, -0.2) is 0 Å². The topological polar surface area (TPSA) is 0 Å². The Morgan fingerprint density at radius 2 is 0.414 bits per heavy atom. The summed E-state index contributed by atoms with van der Waals surface area (Å²) >= 11 is -0.297. The van der Waals surface area contributed by atoms with E-state index in [1.807, 2.05) is 0 Å². The van der Waals surface area contributed by atoms with Crippen LogP contribution in [0.15, 0.2) is 243 Å². The quantitative estimate of drug-likeness (QED) is 0.0682. The molecule has 0 aliphatic heterocycles. The molecule has 8 heteroatoms. The first-order valence-electron chi connectivity index (χ1n) is 18.5. The molecule has 0 aliphatic rings. The third kappa shape index (κ3) is 12.9. The first kappa shape index (κ1) is 47.8. The Morgan fingerprint density at radius 1 is 0.259 bits per heavy atom. The molecule has 0 spiro atoms. The van der Waals surface area contributed by atoms with Crippen LogP contribution in [0.25, 0.3) is 0 Å². The molecule has 0 N–H and O–H groups in total. The second-order valence-electron chi connectivity index (χ2n) is 12.9. The van der Waals surface area contributed by atoms with E-state index in [-0.39, 0.29) is 39.8 Å². The molecule has 0 radical (unpaired) electrons. The van der Waals surface area contributed by atoms with Crippen molar-refractivity contribution in [3.8, 4) is 0 Å². The number of hydrogen-bond donors (Lipinski definition) is 0. The molecular formula is C50H42As4I2Pd2. The Bertz CT molecular complexity index is 1990. The molecular weight excluding hydrogens is 1370 g/mol. The summed E-state index contributed by atoms with van der Waals surface area (Å²) in [5.41, 5.74) is 0. The second kappa shape index (κ2) is 25.0. The van der Waals surface area contributed by atoms with Gasteiger partial charge < -0.3 is 0 Å². The van der Waals surface area contributed by atoms with E-state index in [1.54, 1.807) is 17.4 Å². The fourth-order valence-electron chi connectivity index (χ4n) is 6.53. The van der Waals surface area contributed by atoms with Gasteiger partial charge in [-0.05, 0) is 0 Å². The minimum absolute atomic E-state index is 0. The molecule has 0 amide bonds. The number of alkyl halides is 2. The summed E-state index contributed by atoms with van der Waals surface area (Å²) < 4.78 is 13.9. The van der Waals surface area contributed by atoms with Crippen LogP contribution in [-0.4, -0.2) is 57.6 Å². The van der Waals surface area contributed by atoms with Gasteiger partial charge in [-0.15, -0.1) is 0 Å². The van der Waals surface area contributed by atoms with Crippen molar-refractivity contribution in [1.29, 1.82) is 0 Å². The van der Waals surface area contributed by atoms with Crippen LogP contribution >= 0.6 is 45.2 Å². The van der Waals surface area contributed by atoms with E-state index in [4.69, 9.17) is 0 Å². The van der Waals surface area contributed by atoms with Crippen LogP contribution in [0.5, 0.6) is 0 Å². The summed E-state index contributed by atoms with van der Waals surface area (Å²) in [5, 5.41) is 0. The van der Waals surface area contributed by atoms with Gasteiger partial charge in [0.15, 0.2) is 0 Å². The van der Waals surface area contributed by atoms with Crippen LogP contribution in [0.4, 0.5) is 0 Å². The van der Waals surface area contributed by atoms with Crippen molar-refractivity contribution in [3.63, 3.8) is 0 Å².